The second-order valence-electron chi connectivity index (χ2n) is 4.28. The third-order valence-corrected chi connectivity index (χ3v) is 2.86. The summed E-state index contributed by atoms with van der Waals surface area (Å²) in [7, 11) is 0. The van der Waals surface area contributed by atoms with E-state index in [4.69, 9.17) is 0 Å². The van der Waals surface area contributed by atoms with Crippen molar-refractivity contribution < 1.29 is 9.72 Å². The fourth-order valence-corrected chi connectivity index (χ4v) is 1.76. The maximum Gasteiger partial charge on any atom is 0.282 e. The molecule has 0 atom stereocenters. The van der Waals surface area contributed by atoms with Crippen molar-refractivity contribution in [2.75, 3.05) is 0 Å². The van der Waals surface area contributed by atoms with Crippen LogP contribution < -0.4 is 5.43 Å². The van der Waals surface area contributed by atoms with Gasteiger partial charge in [-0.3, -0.25) is 14.9 Å². The molecule has 1 amide bonds. The van der Waals surface area contributed by atoms with Crippen LogP contribution in [0.1, 0.15) is 22.8 Å². The Morgan fingerprint density at radius 3 is 2.38 bits per heavy atom. The largest absolute Gasteiger partial charge is 0.282 e. The molecule has 6 nitrogen and oxygen atoms in total. The monoisotopic (exact) mass is 283 g/mol. The molecular formula is C15H13N3O3. The molecule has 0 aliphatic heterocycles. The lowest BCUT2D eigenvalue weighted by molar-refractivity contribution is -0.385. The Kier molecular flexibility index (Phi) is 4.40. The van der Waals surface area contributed by atoms with Gasteiger partial charge < -0.3 is 0 Å². The van der Waals surface area contributed by atoms with Crippen LogP contribution in [0.5, 0.6) is 0 Å². The molecule has 0 heterocycles. The second-order valence-corrected chi connectivity index (χ2v) is 4.28. The number of nitro benzene ring substituents is 1. The molecule has 0 saturated heterocycles. The minimum Gasteiger partial charge on any atom is -0.267 e. The molecule has 0 saturated carbocycles. The molecule has 0 aliphatic carbocycles. The van der Waals surface area contributed by atoms with Gasteiger partial charge in [-0.2, -0.15) is 5.10 Å². The zero-order chi connectivity index (χ0) is 15.2. The molecule has 0 fully saturated rings. The molecular weight excluding hydrogens is 270 g/mol. The number of carbonyl (C=O) groups is 1. The van der Waals surface area contributed by atoms with Crippen molar-refractivity contribution in [2.45, 2.75) is 6.92 Å². The first kappa shape index (κ1) is 14.4. The van der Waals surface area contributed by atoms with Crippen molar-refractivity contribution in [2.24, 2.45) is 5.10 Å². The lowest BCUT2D eigenvalue weighted by Crippen LogP contribution is -2.20. The Morgan fingerprint density at radius 1 is 1.10 bits per heavy atom. The molecule has 2 rings (SSSR count). The van der Waals surface area contributed by atoms with E-state index in [-0.39, 0.29) is 11.3 Å². The van der Waals surface area contributed by atoms with Crippen LogP contribution in [0.25, 0.3) is 0 Å². The first-order valence-corrected chi connectivity index (χ1v) is 6.23. The Hall–Kier alpha value is -3.02. The summed E-state index contributed by atoms with van der Waals surface area (Å²) in [6.45, 7) is 1.75. The molecule has 21 heavy (non-hydrogen) atoms. The molecule has 2 aromatic carbocycles. The van der Waals surface area contributed by atoms with Gasteiger partial charge in [0.2, 0.25) is 0 Å². The third-order valence-electron chi connectivity index (χ3n) is 2.86. The standard InChI is InChI=1S/C15H13N3O3/c1-11(12-7-3-2-4-8-12)16-17-15(19)13-9-5-6-10-14(13)18(20)21/h2-10H,1H3,(H,17,19)/b16-11-. The zero-order valence-electron chi connectivity index (χ0n) is 11.3. The van der Waals surface area contributed by atoms with E-state index in [0.717, 1.165) is 5.56 Å². The van der Waals surface area contributed by atoms with Crippen molar-refractivity contribution in [3.63, 3.8) is 0 Å². The normalized spacial score (nSPS) is 11.0. The van der Waals surface area contributed by atoms with Gasteiger partial charge >= 0.3 is 0 Å². The topological polar surface area (TPSA) is 84.6 Å². The highest BCUT2D eigenvalue weighted by atomic mass is 16.6. The van der Waals surface area contributed by atoms with Gasteiger partial charge in [0.25, 0.3) is 11.6 Å². The number of amides is 1. The number of para-hydroxylation sites is 1. The number of nitro groups is 1. The fraction of sp³-hybridized carbons (Fsp3) is 0.0667. The van der Waals surface area contributed by atoms with Crippen LogP contribution in [0.3, 0.4) is 0 Å². The average Bonchev–Trinajstić information content (AvgIpc) is 2.53. The quantitative estimate of drug-likeness (QED) is 0.532. The van der Waals surface area contributed by atoms with Crippen LogP contribution >= 0.6 is 0 Å². The number of nitrogens with zero attached hydrogens (tertiary/aromatic N) is 2. The fourth-order valence-electron chi connectivity index (χ4n) is 1.76. The van der Waals surface area contributed by atoms with Gasteiger partial charge in [-0.15, -0.1) is 0 Å². The summed E-state index contributed by atoms with van der Waals surface area (Å²) in [5.74, 6) is -0.613. The Labute approximate surface area is 121 Å². The van der Waals surface area contributed by atoms with Gasteiger partial charge in [-0.05, 0) is 18.6 Å². The van der Waals surface area contributed by atoms with Crippen LogP contribution in [0.4, 0.5) is 5.69 Å². The second kappa shape index (κ2) is 6.42. The summed E-state index contributed by atoms with van der Waals surface area (Å²) in [5, 5.41) is 14.8. The van der Waals surface area contributed by atoms with Gasteiger partial charge in [-0.25, -0.2) is 5.43 Å². The minimum atomic E-state index is -0.613. The molecule has 6 heteroatoms. The lowest BCUT2D eigenvalue weighted by atomic mass is 10.1. The highest BCUT2D eigenvalue weighted by Gasteiger charge is 2.18. The van der Waals surface area contributed by atoms with Crippen molar-refractivity contribution >= 4 is 17.3 Å². The molecule has 0 bridgehead atoms. The van der Waals surface area contributed by atoms with Crippen LogP contribution in [-0.2, 0) is 0 Å². The van der Waals surface area contributed by atoms with Crippen molar-refractivity contribution in [3.05, 3.63) is 75.8 Å². The minimum absolute atomic E-state index is 0.0212. The number of hydrogen-bond acceptors (Lipinski definition) is 4. The summed E-state index contributed by atoms with van der Waals surface area (Å²) >= 11 is 0. The molecule has 0 aliphatic rings. The average molecular weight is 283 g/mol. The van der Waals surface area contributed by atoms with Crippen molar-refractivity contribution in [1.82, 2.24) is 5.43 Å². The lowest BCUT2D eigenvalue weighted by Gasteiger charge is -2.03. The number of carbonyl (C=O) groups excluding carboxylic acids is 1. The van der Waals surface area contributed by atoms with Gasteiger partial charge in [0.15, 0.2) is 0 Å². The number of rotatable bonds is 4. The van der Waals surface area contributed by atoms with Crippen LogP contribution in [0, 0.1) is 10.1 Å². The predicted octanol–water partition coefficient (Wildman–Crippen LogP) is 2.75. The van der Waals surface area contributed by atoms with Crippen molar-refractivity contribution in [1.29, 1.82) is 0 Å². The van der Waals surface area contributed by atoms with Crippen LogP contribution in [0.2, 0.25) is 0 Å². The molecule has 2 aromatic rings. The number of benzene rings is 2. The van der Waals surface area contributed by atoms with E-state index in [2.05, 4.69) is 10.5 Å². The predicted molar refractivity (Wildman–Crippen MR) is 79.2 cm³/mol. The molecule has 106 valence electrons. The maximum atomic E-state index is 12.0. The van der Waals surface area contributed by atoms with E-state index in [1.165, 1.54) is 18.2 Å². The number of nitrogens with one attached hydrogen (secondary N) is 1. The molecule has 1 N–H and O–H groups in total. The van der Waals surface area contributed by atoms with Gasteiger partial charge in [0.05, 0.1) is 10.6 Å². The molecule has 0 radical (unpaired) electrons. The van der Waals surface area contributed by atoms with E-state index < -0.39 is 10.8 Å². The third kappa shape index (κ3) is 3.50. The number of hydrazone groups is 1. The summed E-state index contributed by atoms with van der Waals surface area (Å²) in [5.41, 5.74) is 3.54. The van der Waals surface area contributed by atoms with E-state index in [1.54, 1.807) is 13.0 Å². The highest BCUT2D eigenvalue weighted by molar-refractivity contribution is 6.02. The summed E-state index contributed by atoms with van der Waals surface area (Å²) < 4.78 is 0. The maximum absolute atomic E-state index is 12.0. The SMILES string of the molecule is C/C(=N/NC(=O)c1ccccc1[N+](=O)[O-])c1ccccc1. The first-order chi connectivity index (χ1) is 10.1. The van der Waals surface area contributed by atoms with Crippen LogP contribution in [0.15, 0.2) is 59.7 Å². The van der Waals surface area contributed by atoms with Gasteiger partial charge in [-0.1, -0.05) is 42.5 Å². The Morgan fingerprint density at radius 2 is 1.71 bits per heavy atom. The Balaban J connectivity index is 2.18. The van der Waals surface area contributed by atoms with Crippen molar-refractivity contribution in [3.8, 4) is 0 Å². The molecule has 0 spiro atoms. The van der Waals surface area contributed by atoms with E-state index in [0.29, 0.717) is 5.71 Å². The van der Waals surface area contributed by atoms with Gasteiger partial charge in [0.1, 0.15) is 5.56 Å². The summed E-state index contributed by atoms with van der Waals surface area (Å²) in [6, 6.07) is 15.1. The summed E-state index contributed by atoms with van der Waals surface area (Å²) in [4.78, 5) is 22.3. The van der Waals surface area contributed by atoms with Crippen LogP contribution in [-0.4, -0.2) is 16.5 Å². The van der Waals surface area contributed by atoms with E-state index >= 15 is 0 Å². The highest BCUT2D eigenvalue weighted by Crippen LogP contribution is 2.17. The molecule has 0 unspecified atom stereocenters. The van der Waals surface area contributed by atoms with E-state index in [9.17, 15) is 14.9 Å². The van der Waals surface area contributed by atoms with Gasteiger partial charge in [0, 0.05) is 6.07 Å². The molecule has 0 aromatic heterocycles. The summed E-state index contributed by atoms with van der Waals surface area (Å²) in [6.07, 6.45) is 0. The Bertz CT molecular complexity index is 696. The first-order valence-electron chi connectivity index (χ1n) is 6.23. The smallest absolute Gasteiger partial charge is 0.267 e. The van der Waals surface area contributed by atoms with E-state index in [1.807, 2.05) is 30.3 Å². The zero-order valence-corrected chi connectivity index (χ0v) is 11.3. The number of hydrogen-bond donors (Lipinski definition) is 1.